The highest BCUT2D eigenvalue weighted by Crippen LogP contribution is 2.19. The molecule has 0 spiro atoms. The molecule has 0 aliphatic carbocycles. The average molecular weight is 302 g/mol. The molecule has 1 fully saturated rings. The Kier molecular flexibility index (Phi) is 5.48. The Hall–Kier alpha value is -1.36. The molecule has 1 aliphatic rings. The summed E-state index contributed by atoms with van der Waals surface area (Å²) in [6.45, 7) is 4.37. The fraction of sp³-hybridized carbons (Fsp3) is 0.556. The number of nitrogens with zero attached hydrogens (tertiary/aromatic N) is 1. The molecule has 2 aromatic rings. The van der Waals surface area contributed by atoms with Crippen LogP contribution >= 0.6 is 0 Å². The number of furan rings is 1. The minimum Gasteiger partial charge on any atom is -0.460 e. The summed E-state index contributed by atoms with van der Waals surface area (Å²) in [6.07, 6.45) is 4.73. The SMILES string of the molecule is OCC1CCCN1CCCCNCc1cc2ccccc2o1. The number of fused-ring (bicyclic) bond motifs is 1. The van der Waals surface area contributed by atoms with Gasteiger partial charge in [-0.25, -0.2) is 0 Å². The summed E-state index contributed by atoms with van der Waals surface area (Å²) < 4.78 is 5.79. The van der Waals surface area contributed by atoms with Crippen LogP contribution in [-0.4, -0.2) is 42.3 Å². The van der Waals surface area contributed by atoms with Gasteiger partial charge in [0.25, 0.3) is 0 Å². The summed E-state index contributed by atoms with van der Waals surface area (Å²) in [5.74, 6) is 1.00. The van der Waals surface area contributed by atoms with E-state index in [2.05, 4.69) is 22.3 Å². The van der Waals surface area contributed by atoms with Crippen LogP contribution < -0.4 is 5.32 Å². The van der Waals surface area contributed by atoms with Crippen LogP contribution in [-0.2, 0) is 6.54 Å². The van der Waals surface area contributed by atoms with E-state index in [0.29, 0.717) is 12.6 Å². The second kappa shape index (κ2) is 7.77. The monoisotopic (exact) mass is 302 g/mol. The minimum absolute atomic E-state index is 0.310. The molecular weight excluding hydrogens is 276 g/mol. The standard InChI is InChI=1S/C18H26N2O2/c21-14-16-7-5-11-20(16)10-4-3-9-19-13-17-12-15-6-1-2-8-18(15)22-17/h1-2,6,8,12,16,19,21H,3-5,7,9-11,13-14H2. The third-order valence-electron chi connectivity index (χ3n) is 4.53. The number of aliphatic hydroxyl groups is 1. The van der Waals surface area contributed by atoms with E-state index in [0.717, 1.165) is 50.4 Å². The van der Waals surface area contributed by atoms with Crippen LogP contribution in [0.3, 0.4) is 0 Å². The largest absolute Gasteiger partial charge is 0.460 e. The highest BCUT2D eigenvalue weighted by molar-refractivity contribution is 5.77. The zero-order valence-corrected chi connectivity index (χ0v) is 13.1. The first-order valence-electron chi connectivity index (χ1n) is 8.40. The molecule has 4 heteroatoms. The van der Waals surface area contributed by atoms with Crippen molar-refractivity contribution in [3.8, 4) is 0 Å². The molecule has 22 heavy (non-hydrogen) atoms. The Morgan fingerprint density at radius 3 is 3.05 bits per heavy atom. The number of hydrogen-bond acceptors (Lipinski definition) is 4. The number of hydrogen-bond donors (Lipinski definition) is 2. The highest BCUT2D eigenvalue weighted by atomic mass is 16.3. The summed E-state index contributed by atoms with van der Waals surface area (Å²) in [5.41, 5.74) is 0.961. The van der Waals surface area contributed by atoms with Crippen LogP contribution in [0.2, 0.25) is 0 Å². The van der Waals surface area contributed by atoms with E-state index in [-0.39, 0.29) is 0 Å². The van der Waals surface area contributed by atoms with Crippen molar-refractivity contribution in [1.82, 2.24) is 10.2 Å². The second-order valence-corrected chi connectivity index (χ2v) is 6.15. The van der Waals surface area contributed by atoms with Gasteiger partial charge in [0.1, 0.15) is 11.3 Å². The topological polar surface area (TPSA) is 48.6 Å². The fourth-order valence-corrected chi connectivity index (χ4v) is 3.30. The van der Waals surface area contributed by atoms with E-state index in [1.165, 1.54) is 18.2 Å². The lowest BCUT2D eigenvalue weighted by molar-refractivity contribution is 0.157. The summed E-state index contributed by atoms with van der Waals surface area (Å²) >= 11 is 0. The van der Waals surface area contributed by atoms with Gasteiger partial charge in [0.2, 0.25) is 0 Å². The first-order chi connectivity index (χ1) is 10.9. The molecule has 2 heterocycles. The highest BCUT2D eigenvalue weighted by Gasteiger charge is 2.22. The third kappa shape index (κ3) is 3.88. The Bertz CT molecular complexity index is 548. The minimum atomic E-state index is 0.310. The van der Waals surface area contributed by atoms with E-state index >= 15 is 0 Å². The molecule has 1 atom stereocenters. The van der Waals surface area contributed by atoms with Crippen molar-refractivity contribution in [1.29, 1.82) is 0 Å². The molecule has 1 aromatic heterocycles. The van der Waals surface area contributed by atoms with E-state index in [4.69, 9.17) is 4.42 Å². The van der Waals surface area contributed by atoms with Gasteiger partial charge >= 0.3 is 0 Å². The van der Waals surface area contributed by atoms with Crippen LogP contribution in [0, 0.1) is 0 Å². The van der Waals surface area contributed by atoms with E-state index in [1.54, 1.807) is 0 Å². The van der Waals surface area contributed by atoms with Gasteiger partial charge in [0.15, 0.2) is 0 Å². The molecular formula is C18H26N2O2. The van der Waals surface area contributed by atoms with Crippen molar-refractivity contribution < 1.29 is 9.52 Å². The van der Waals surface area contributed by atoms with Crippen molar-refractivity contribution in [3.05, 3.63) is 36.1 Å². The van der Waals surface area contributed by atoms with Gasteiger partial charge in [0, 0.05) is 11.4 Å². The first-order valence-corrected chi connectivity index (χ1v) is 8.40. The summed E-state index contributed by atoms with van der Waals surface area (Å²) in [4.78, 5) is 2.43. The predicted octanol–water partition coefficient (Wildman–Crippen LogP) is 2.76. The zero-order valence-electron chi connectivity index (χ0n) is 13.1. The Balaban J connectivity index is 1.32. The van der Waals surface area contributed by atoms with Gasteiger partial charge in [-0.1, -0.05) is 18.2 Å². The van der Waals surface area contributed by atoms with Gasteiger partial charge in [-0.15, -0.1) is 0 Å². The maximum atomic E-state index is 9.30. The molecule has 1 saturated heterocycles. The van der Waals surface area contributed by atoms with Crippen LogP contribution in [0.25, 0.3) is 11.0 Å². The third-order valence-corrected chi connectivity index (χ3v) is 4.53. The molecule has 0 amide bonds. The predicted molar refractivity (Wildman–Crippen MR) is 88.8 cm³/mol. The molecule has 3 rings (SSSR count). The van der Waals surface area contributed by atoms with Crippen LogP contribution in [0.15, 0.2) is 34.7 Å². The molecule has 2 N–H and O–H groups in total. The van der Waals surface area contributed by atoms with Gasteiger partial charge < -0.3 is 14.8 Å². The number of benzene rings is 1. The van der Waals surface area contributed by atoms with Crippen molar-refractivity contribution in [2.45, 2.75) is 38.3 Å². The van der Waals surface area contributed by atoms with Gasteiger partial charge in [-0.3, -0.25) is 4.90 Å². The van der Waals surface area contributed by atoms with Gasteiger partial charge in [0.05, 0.1) is 13.2 Å². The van der Waals surface area contributed by atoms with Crippen LogP contribution in [0.5, 0.6) is 0 Å². The molecule has 1 aliphatic heterocycles. The average Bonchev–Trinajstić information content (AvgIpc) is 3.16. The number of rotatable bonds is 8. The Morgan fingerprint density at radius 1 is 1.27 bits per heavy atom. The molecule has 120 valence electrons. The van der Waals surface area contributed by atoms with Crippen molar-refractivity contribution in [2.75, 3.05) is 26.2 Å². The normalized spacial score (nSPS) is 19.2. The fourth-order valence-electron chi connectivity index (χ4n) is 3.30. The quantitative estimate of drug-likeness (QED) is 0.736. The summed E-state index contributed by atoms with van der Waals surface area (Å²) in [7, 11) is 0. The van der Waals surface area contributed by atoms with Crippen molar-refractivity contribution >= 4 is 11.0 Å². The smallest absolute Gasteiger partial charge is 0.134 e. The van der Waals surface area contributed by atoms with Crippen LogP contribution in [0.1, 0.15) is 31.4 Å². The lowest BCUT2D eigenvalue weighted by atomic mass is 10.2. The Labute approximate surface area is 132 Å². The number of nitrogens with one attached hydrogen (secondary N) is 1. The number of likely N-dealkylation sites (tertiary alicyclic amines) is 1. The zero-order chi connectivity index (χ0) is 15.2. The molecule has 1 unspecified atom stereocenters. The van der Waals surface area contributed by atoms with Crippen molar-refractivity contribution in [2.24, 2.45) is 0 Å². The Morgan fingerprint density at radius 2 is 2.18 bits per heavy atom. The number of unbranched alkanes of at least 4 members (excludes halogenated alkanes) is 1. The first kappa shape index (κ1) is 15.5. The molecule has 4 nitrogen and oxygen atoms in total. The molecule has 0 saturated carbocycles. The molecule has 0 bridgehead atoms. The summed E-state index contributed by atoms with van der Waals surface area (Å²) in [6, 6.07) is 10.6. The number of aliphatic hydroxyl groups excluding tert-OH is 1. The second-order valence-electron chi connectivity index (χ2n) is 6.15. The van der Waals surface area contributed by atoms with Gasteiger partial charge in [-0.2, -0.15) is 0 Å². The number of para-hydroxylation sites is 1. The maximum absolute atomic E-state index is 9.30. The van der Waals surface area contributed by atoms with E-state index in [1.807, 2.05) is 18.2 Å². The van der Waals surface area contributed by atoms with E-state index < -0.39 is 0 Å². The van der Waals surface area contributed by atoms with E-state index in [9.17, 15) is 5.11 Å². The lowest BCUT2D eigenvalue weighted by Gasteiger charge is -2.22. The maximum Gasteiger partial charge on any atom is 0.134 e. The van der Waals surface area contributed by atoms with Gasteiger partial charge in [-0.05, 0) is 57.5 Å². The van der Waals surface area contributed by atoms with Crippen LogP contribution in [0.4, 0.5) is 0 Å². The summed E-state index contributed by atoms with van der Waals surface area (Å²) in [5, 5.41) is 13.9. The molecule has 1 aromatic carbocycles. The lowest BCUT2D eigenvalue weighted by Crippen LogP contribution is -2.33. The molecule has 0 radical (unpaired) electrons. The van der Waals surface area contributed by atoms with Crippen molar-refractivity contribution in [3.63, 3.8) is 0 Å².